The van der Waals surface area contributed by atoms with E-state index in [0.717, 1.165) is 0 Å². The molecule has 29 heavy (non-hydrogen) atoms. The topological polar surface area (TPSA) is 80.7 Å². The van der Waals surface area contributed by atoms with Gasteiger partial charge in [-0.25, -0.2) is 4.98 Å². The number of rotatable bonds is 7. The average molecular weight is 394 g/mol. The molecule has 3 aromatic rings. The highest BCUT2D eigenvalue weighted by Gasteiger charge is 2.20. The number of fused-ring (bicyclic) bond motifs is 1. The highest BCUT2D eigenvalue weighted by atomic mass is 16.5. The van der Waals surface area contributed by atoms with Crippen LogP contribution in [0.1, 0.15) is 49.7 Å². The Kier molecular flexibility index (Phi) is 6.22. The van der Waals surface area contributed by atoms with Crippen molar-refractivity contribution < 1.29 is 19.4 Å². The number of amides is 1. The number of nitrogens with zero attached hydrogens (tertiary/aromatic N) is 1. The molecule has 152 valence electrons. The highest BCUT2D eigenvalue weighted by molar-refractivity contribution is 6.03. The minimum atomic E-state index is -0.446. The van der Waals surface area contributed by atoms with Gasteiger partial charge in [0, 0.05) is 11.9 Å². The van der Waals surface area contributed by atoms with Crippen molar-refractivity contribution in [3.8, 4) is 23.1 Å². The Labute approximate surface area is 170 Å². The number of aromatic hydroxyl groups is 1. The van der Waals surface area contributed by atoms with Crippen LogP contribution in [0.5, 0.6) is 23.1 Å². The van der Waals surface area contributed by atoms with Crippen molar-refractivity contribution in [3.63, 3.8) is 0 Å². The summed E-state index contributed by atoms with van der Waals surface area (Å²) in [5.74, 6) is 1.40. The van der Waals surface area contributed by atoms with Gasteiger partial charge in [-0.1, -0.05) is 26.0 Å². The third-order valence-electron chi connectivity index (χ3n) is 4.53. The molecule has 2 N–H and O–H groups in total. The summed E-state index contributed by atoms with van der Waals surface area (Å²) in [5.41, 5.74) is 1.18. The Morgan fingerprint density at radius 2 is 1.76 bits per heavy atom. The number of carbonyl (C=O) groups is 1. The zero-order chi connectivity index (χ0) is 21.0. The monoisotopic (exact) mass is 394 g/mol. The van der Waals surface area contributed by atoms with E-state index in [4.69, 9.17) is 9.47 Å². The predicted molar refractivity (Wildman–Crippen MR) is 113 cm³/mol. The van der Waals surface area contributed by atoms with Gasteiger partial charge in [0.25, 0.3) is 5.91 Å². The number of hydrogen-bond acceptors (Lipinski definition) is 5. The van der Waals surface area contributed by atoms with Crippen molar-refractivity contribution in [1.29, 1.82) is 0 Å². The predicted octanol–water partition coefficient (Wildman–Crippen LogP) is 5.00. The maximum Gasteiger partial charge on any atom is 0.273 e. The normalized spacial score (nSPS) is 10.9. The second-order valence-corrected chi connectivity index (χ2v) is 6.94. The van der Waals surface area contributed by atoms with Gasteiger partial charge in [-0.2, -0.15) is 0 Å². The molecule has 0 radical (unpaired) electrons. The number of benzene rings is 2. The Morgan fingerprint density at radius 3 is 2.38 bits per heavy atom. The zero-order valence-electron chi connectivity index (χ0n) is 17.2. The van der Waals surface area contributed by atoms with E-state index >= 15 is 0 Å². The van der Waals surface area contributed by atoms with Gasteiger partial charge >= 0.3 is 0 Å². The fourth-order valence-corrected chi connectivity index (χ4v) is 3.02. The molecule has 1 aromatic heterocycles. The first-order chi connectivity index (χ1) is 13.9. The van der Waals surface area contributed by atoms with E-state index < -0.39 is 5.91 Å². The standard InChI is InChI=1S/C23H26N2O4/c1-5-24-22(27)20-21(26)18-12-11-17(13-19(18)23(25-20)28-6-2)29-16-9-7-15(8-10-16)14(3)4/h7-14,26H,5-6H2,1-4H3,(H,24,27). The van der Waals surface area contributed by atoms with Gasteiger partial charge in [0.05, 0.1) is 12.0 Å². The molecular weight excluding hydrogens is 368 g/mol. The van der Waals surface area contributed by atoms with Crippen LogP contribution < -0.4 is 14.8 Å². The lowest BCUT2D eigenvalue weighted by Crippen LogP contribution is -2.24. The minimum absolute atomic E-state index is 0.0549. The van der Waals surface area contributed by atoms with Crippen LogP contribution in [-0.2, 0) is 0 Å². The first kappa shape index (κ1) is 20.5. The summed E-state index contributed by atoms with van der Waals surface area (Å²) >= 11 is 0. The summed E-state index contributed by atoms with van der Waals surface area (Å²) < 4.78 is 11.6. The quantitative estimate of drug-likeness (QED) is 0.589. The molecule has 6 heteroatoms. The zero-order valence-corrected chi connectivity index (χ0v) is 17.2. The smallest absolute Gasteiger partial charge is 0.273 e. The Morgan fingerprint density at radius 1 is 1.07 bits per heavy atom. The number of pyridine rings is 1. The van der Waals surface area contributed by atoms with Crippen molar-refractivity contribution in [2.75, 3.05) is 13.2 Å². The van der Waals surface area contributed by atoms with Crippen LogP contribution in [0.3, 0.4) is 0 Å². The molecule has 6 nitrogen and oxygen atoms in total. The second kappa shape index (κ2) is 8.82. The van der Waals surface area contributed by atoms with Crippen LogP contribution >= 0.6 is 0 Å². The van der Waals surface area contributed by atoms with Crippen LogP contribution in [0.2, 0.25) is 0 Å². The Balaban J connectivity index is 2.00. The summed E-state index contributed by atoms with van der Waals surface area (Å²) in [6.45, 7) is 8.74. The molecule has 0 saturated heterocycles. The van der Waals surface area contributed by atoms with Crippen LogP contribution in [0.4, 0.5) is 0 Å². The molecule has 0 fully saturated rings. The first-order valence-electron chi connectivity index (χ1n) is 9.80. The molecular formula is C23H26N2O4. The van der Waals surface area contributed by atoms with E-state index in [9.17, 15) is 9.90 Å². The fourth-order valence-electron chi connectivity index (χ4n) is 3.02. The van der Waals surface area contributed by atoms with E-state index in [0.29, 0.717) is 41.3 Å². The molecule has 0 aliphatic rings. The molecule has 0 unspecified atom stereocenters. The highest BCUT2D eigenvalue weighted by Crippen LogP contribution is 2.37. The Bertz CT molecular complexity index is 1010. The van der Waals surface area contributed by atoms with Crippen molar-refractivity contribution in [1.82, 2.24) is 10.3 Å². The summed E-state index contributed by atoms with van der Waals surface area (Å²) in [4.78, 5) is 16.5. The van der Waals surface area contributed by atoms with E-state index in [1.165, 1.54) is 5.56 Å². The SMILES string of the molecule is CCNC(=O)c1nc(OCC)c2cc(Oc3ccc(C(C)C)cc3)ccc2c1O. The number of nitrogens with one attached hydrogen (secondary N) is 1. The van der Waals surface area contributed by atoms with Gasteiger partial charge in [0.15, 0.2) is 11.4 Å². The van der Waals surface area contributed by atoms with Crippen LogP contribution in [0.15, 0.2) is 42.5 Å². The lowest BCUT2D eigenvalue weighted by atomic mass is 10.0. The van der Waals surface area contributed by atoms with Crippen molar-refractivity contribution in [2.24, 2.45) is 0 Å². The van der Waals surface area contributed by atoms with Gasteiger partial charge < -0.3 is 19.9 Å². The summed E-state index contributed by atoms with van der Waals surface area (Å²) in [6.07, 6.45) is 0. The molecule has 0 saturated carbocycles. The van der Waals surface area contributed by atoms with Crippen LogP contribution in [0.25, 0.3) is 10.8 Å². The summed E-state index contributed by atoms with van der Waals surface area (Å²) in [5, 5.41) is 14.3. The third-order valence-corrected chi connectivity index (χ3v) is 4.53. The maximum atomic E-state index is 12.2. The van der Waals surface area contributed by atoms with E-state index in [1.807, 2.05) is 31.2 Å². The average Bonchev–Trinajstić information content (AvgIpc) is 2.70. The third kappa shape index (κ3) is 4.42. The number of aromatic nitrogens is 1. The van der Waals surface area contributed by atoms with Gasteiger partial charge in [0.1, 0.15) is 11.5 Å². The van der Waals surface area contributed by atoms with Gasteiger partial charge in [-0.05, 0) is 55.7 Å². The van der Waals surface area contributed by atoms with Crippen molar-refractivity contribution >= 4 is 16.7 Å². The largest absolute Gasteiger partial charge is 0.505 e. The Hall–Kier alpha value is -3.28. The van der Waals surface area contributed by atoms with E-state index in [-0.39, 0.29) is 17.3 Å². The maximum absolute atomic E-state index is 12.2. The number of hydrogen-bond donors (Lipinski definition) is 2. The molecule has 1 heterocycles. The molecule has 0 spiro atoms. The second-order valence-electron chi connectivity index (χ2n) is 6.94. The summed E-state index contributed by atoms with van der Waals surface area (Å²) in [7, 11) is 0. The molecule has 0 aliphatic carbocycles. The number of carbonyl (C=O) groups excluding carboxylic acids is 1. The lowest BCUT2D eigenvalue weighted by Gasteiger charge is -2.14. The molecule has 0 aliphatic heterocycles. The van der Waals surface area contributed by atoms with Crippen molar-refractivity contribution in [2.45, 2.75) is 33.6 Å². The minimum Gasteiger partial charge on any atom is -0.505 e. The van der Waals surface area contributed by atoms with Crippen LogP contribution in [-0.4, -0.2) is 29.1 Å². The van der Waals surface area contributed by atoms with E-state index in [1.54, 1.807) is 25.1 Å². The van der Waals surface area contributed by atoms with E-state index in [2.05, 4.69) is 24.1 Å². The lowest BCUT2D eigenvalue weighted by molar-refractivity contribution is 0.0947. The molecule has 0 atom stereocenters. The van der Waals surface area contributed by atoms with Gasteiger partial charge in [-0.15, -0.1) is 0 Å². The van der Waals surface area contributed by atoms with Gasteiger partial charge in [-0.3, -0.25) is 4.79 Å². The van der Waals surface area contributed by atoms with Crippen LogP contribution in [0, 0.1) is 0 Å². The van der Waals surface area contributed by atoms with Crippen molar-refractivity contribution in [3.05, 3.63) is 53.7 Å². The molecule has 2 aromatic carbocycles. The molecule has 1 amide bonds. The molecule has 3 rings (SSSR count). The number of ether oxygens (including phenoxy) is 2. The fraction of sp³-hybridized carbons (Fsp3) is 0.304. The first-order valence-corrected chi connectivity index (χ1v) is 9.80. The van der Waals surface area contributed by atoms with Gasteiger partial charge in [0.2, 0.25) is 5.88 Å². The molecule has 0 bridgehead atoms. The summed E-state index contributed by atoms with van der Waals surface area (Å²) in [6, 6.07) is 13.1.